The predicted octanol–water partition coefficient (Wildman–Crippen LogP) is 1.80. The second-order valence-electron chi connectivity index (χ2n) is 3.80. The van der Waals surface area contributed by atoms with Crippen LogP contribution in [0.5, 0.6) is 0 Å². The van der Waals surface area contributed by atoms with E-state index >= 15 is 0 Å². The van der Waals surface area contributed by atoms with Gasteiger partial charge in [0, 0.05) is 0 Å². The molecular weight excluding hydrogens is 150 g/mol. The van der Waals surface area contributed by atoms with E-state index in [1.807, 2.05) is 13.8 Å². The van der Waals surface area contributed by atoms with Gasteiger partial charge in [-0.05, 0) is 25.3 Å². The molecule has 1 spiro atoms. The van der Waals surface area contributed by atoms with Crippen molar-refractivity contribution in [3.63, 3.8) is 0 Å². The van der Waals surface area contributed by atoms with Gasteiger partial charge >= 0.3 is 0 Å². The zero-order valence-electron chi connectivity index (χ0n) is 8.52. The molecule has 2 rings (SSSR count). The Labute approximate surface area is 75.7 Å². The van der Waals surface area contributed by atoms with Crippen LogP contribution in [0.4, 0.5) is 0 Å². The van der Waals surface area contributed by atoms with Gasteiger partial charge in [0.15, 0.2) is 0 Å². The third kappa shape index (κ3) is 1.99. The van der Waals surface area contributed by atoms with E-state index in [1.165, 1.54) is 19.4 Å². The van der Waals surface area contributed by atoms with Gasteiger partial charge in [-0.25, -0.2) is 0 Å². The van der Waals surface area contributed by atoms with Gasteiger partial charge in [0.1, 0.15) is 0 Å². The maximum atomic E-state index is 5.20. The monoisotopic (exact) mass is 171 g/mol. The lowest BCUT2D eigenvalue weighted by atomic mass is 9.81. The molecule has 0 aromatic carbocycles. The highest BCUT2D eigenvalue weighted by atomic mass is 16.5. The molecule has 2 heteroatoms. The minimum Gasteiger partial charge on any atom is -0.377 e. The van der Waals surface area contributed by atoms with Crippen molar-refractivity contribution in [2.24, 2.45) is 5.92 Å². The SMILES string of the molecule is CC.CC1CCNC2(COC2)C1. The Kier molecular flexibility index (Phi) is 3.53. The first-order chi connectivity index (χ1) is 5.81. The van der Waals surface area contributed by atoms with Crippen LogP contribution in [0.3, 0.4) is 0 Å². The van der Waals surface area contributed by atoms with Crippen LogP contribution in [0, 0.1) is 5.92 Å². The zero-order chi connectivity index (χ0) is 9.03. The third-order valence-electron chi connectivity index (χ3n) is 2.63. The number of hydrogen-bond acceptors (Lipinski definition) is 2. The van der Waals surface area contributed by atoms with Crippen molar-refractivity contribution in [2.75, 3.05) is 19.8 Å². The topological polar surface area (TPSA) is 21.3 Å². The van der Waals surface area contributed by atoms with Gasteiger partial charge in [-0.3, -0.25) is 0 Å². The van der Waals surface area contributed by atoms with E-state index in [2.05, 4.69) is 12.2 Å². The Morgan fingerprint density at radius 3 is 2.33 bits per heavy atom. The standard InChI is InChI=1S/C8H15NO.C2H6/c1-7-2-3-9-8(4-7)5-10-6-8;1-2/h7,9H,2-6H2,1H3;1-2H3. The highest BCUT2D eigenvalue weighted by Crippen LogP contribution is 2.29. The first-order valence-electron chi connectivity index (χ1n) is 5.14. The summed E-state index contributed by atoms with van der Waals surface area (Å²) < 4.78 is 5.20. The largest absolute Gasteiger partial charge is 0.377 e. The highest BCUT2D eigenvalue weighted by Gasteiger charge is 2.41. The molecule has 0 aromatic heterocycles. The van der Waals surface area contributed by atoms with Crippen molar-refractivity contribution in [2.45, 2.75) is 39.2 Å². The van der Waals surface area contributed by atoms with Gasteiger partial charge in [-0.2, -0.15) is 0 Å². The average Bonchev–Trinajstić information content (AvgIpc) is 2.06. The lowest BCUT2D eigenvalue weighted by molar-refractivity contribution is -0.0938. The molecule has 0 saturated carbocycles. The fourth-order valence-corrected chi connectivity index (χ4v) is 1.99. The van der Waals surface area contributed by atoms with E-state index in [0.717, 1.165) is 19.1 Å². The summed E-state index contributed by atoms with van der Waals surface area (Å²) in [5, 5.41) is 3.54. The van der Waals surface area contributed by atoms with Crippen LogP contribution in [0.25, 0.3) is 0 Å². The smallest absolute Gasteiger partial charge is 0.0672 e. The summed E-state index contributed by atoms with van der Waals surface area (Å²) in [7, 11) is 0. The van der Waals surface area contributed by atoms with Crippen molar-refractivity contribution in [1.29, 1.82) is 0 Å². The normalized spacial score (nSPS) is 31.8. The molecule has 0 bridgehead atoms. The van der Waals surface area contributed by atoms with E-state index in [-0.39, 0.29) is 0 Å². The maximum absolute atomic E-state index is 5.20. The highest BCUT2D eigenvalue weighted by molar-refractivity contribution is 4.97. The van der Waals surface area contributed by atoms with Crippen LogP contribution < -0.4 is 5.32 Å². The van der Waals surface area contributed by atoms with Crippen molar-refractivity contribution in [3.05, 3.63) is 0 Å². The Morgan fingerprint density at radius 2 is 2.00 bits per heavy atom. The van der Waals surface area contributed by atoms with E-state index in [1.54, 1.807) is 0 Å². The van der Waals surface area contributed by atoms with Crippen molar-refractivity contribution in [3.8, 4) is 0 Å². The molecule has 1 atom stereocenters. The van der Waals surface area contributed by atoms with Crippen molar-refractivity contribution < 1.29 is 4.74 Å². The van der Waals surface area contributed by atoms with Gasteiger partial charge in [0.05, 0.1) is 18.8 Å². The van der Waals surface area contributed by atoms with E-state index in [9.17, 15) is 0 Å². The van der Waals surface area contributed by atoms with Crippen LogP contribution in [0.1, 0.15) is 33.6 Å². The minimum absolute atomic E-state index is 0.400. The molecule has 2 aliphatic rings. The molecule has 2 saturated heterocycles. The molecule has 2 fully saturated rings. The summed E-state index contributed by atoms with van der Waals surface area (Å²) in [6, 6.07) is 0. The Hall–Kier alpha value is -0.0800. The van der Waals surface area contributed by atoms with Gasteiger partial charge in [0.2, 0.25) is 0 Å². The number of piperidine rings is 1. The molecular formula is C10H21NO. The van der Waals surface area contributed by atoms with Gasteiger partial charge in [-0.1, -0.05) is 20.8 Å². The van der Waals surface area contributed by atoms with Crippen molar-refractivity contribution >= 4 is 0 Å². The summed E-state index contributed by atoms with van der Waals surface area (Å²) in [6.45, 7) is 9.40. The number of ether oxygens (including phenoxy) is 1. The molecule has 2 aliphatic heterocycles. The minimum atomic E-state index is 0.400. The van der Waals surface area contributed by atoms with E-state index < -0.39 is 0 Å². The molecule has 72 valence electrons. The second kappa shape index (κ2) is 4.24. The molecule has 0 aromatic rings. The molecule has 0 amide bonds. The molecule has 1 N–H and O–H groups in total. The summed E-state index contributed by atoms with van der Waals surface area (Å²) in [5.41, 5.74) is 0.400. The lowest BCUT2D eigenvalue weighted by Gasteiger charge is -2.47. The van der Waals surface area contributed by atoms with Crippen LogP contribution in [0.2, 0.25) is 0 Å². The first-order valence-corrected chi connectivity index (χ1v) is 5.14. The molecule has 2 heterocycles. The van der Waals surface area contributed by atoms with Crippen LogP contribution in [-0.2, 0) is 4.74 Å². The van der Waals surface area contributed by atoms with Crippen molar-refractivity contribution in [1.82, 2.24) is 5.32 Å². The summed E-state index contributed by atoms with van der Waals surface area (Å²) in [4.78, 5) is 0. The summed E-state index contributed by atoms with van der Waals surface area (Å²) in [5.74, 6) is 0.894. The first kappa shape index (κ1) is 10.0. The number of hydrogen-bond donors (Lipinski definition) is 1. The molecule has 0 aliphatic carbocycles. The second-order valence-corrected chi connectivity index (χ2v) is 3.80. The van der Waals surface area contributed by atoms with E-state index in [4.69, 9.17) is 4.74 Å². The van der Waals surface area contributed by atoms with Gasteiger partial charge < -0.3 is 10.1 Å². The van der Waals surface area contributed by atoms with Gasteiger partial charge in [-0.15, -0.1) is 0 Å². The Balaban J connectivity index is 0.000000336. The fourth-order valence-electron chi connectivity index (χ4n) is 1.99. The quantitative estimate of drug-likeness (QED) is 0.600. The molecule has 1 unspecified atom stereocenters. The fraction of sp³-hybridized carbons (Fsp3) is 1.00. The predicted molar refractivity (Wildman–Crippen MR) is 51.3 cm³/mol. The average molecular weight is 171 g/mol. The Bertz CT molecular complexity index is 132. The maximum Gasteiger partial charge on any atom is 0.0672 e. The van der Waals surface area contributed by atoms with Crippen LogP contribution in [-0.4, -0.2) is 25.3 Å². The number of rotatable bonds is 0. The zero-order valence-corrected chi connectivity index (χ0v) is 8.52. The summed E-state index contributed by atoms with van der Waals surface area (Å²) in [6.07, 6.45) is 2.65. The molecule has 0 radical (unpaired) electrons. The third-order valence-corrected chi connectivity index (χ3v) is 2.63. The van der Waals surface area contributed by atoms with Crippen LogP contribution in [0.15, 0.2) is 0 Å². The van der Waals surface area contributed by atoms with E-state index in [0.29, 0.717) is 5.54 Å². The number of nitrogens with one attached hydrogen (secondary N) is 1. The molecule has 12 heavy (non-hydrogen) atoms. The van der Waals surface area contributed by atoms with Gasteiger partial charge in [0.25, 0.3) is 0 Å². The summed E-state index contributed by atoms with van der Waals surface area (Å²) >= 11 is 0. The molecule has 2 nitrogen and oxygen atoms in total. The Morgan fingerprint density at radius 1 is 1.33 bits per heavy atom. The lowest BCUT2D eigenvalue weighted by Crippen LogP contribution is -2.63. The van der Waals surface area contributed by atoms with Crippen LogP contribution >= 0.6 is 0 Å².